The predicted octanol–water partition coefficient (Wildman–Crippen LogP) is 4.00. The molecule has 0 fully saturated rings. The van der Waals surface area contributed by atoms with Crippen LogP contribution in [0.4, 0.5) is 11.4 Å². The molecular formula is C19H21N3O5S. The number of unbranched alkanes of at least 4 members (excludes halogenated alkanes) is 2. The minimum atomic E-state index is -0.624. The Kier molecular flexibility index (Phi) is 7.70. The van der Waals surface area contributed by atoms with Crippen LogP contribution in [0.5, 0.6) is 11.5 Å². The molecule has 0 unspecified atom stereocenters. The minimum absolute atomic E-state index is 0.0602. The largest absolute Gasteiger partial charge is 0.506 e. The van der Waals surface area contributed by atoms with Crippen LogP contribution in [0.25, 0.3) is 0 Å². The zero-order valence-electron chi connectivity index (χ0n) is 15.3. The molecule has 0 spiro atoms. The summed E-state index contributed by atoms with van der Waals surface area (Å²) in [5.74, 6) is -0.368. The van der Waals surface area contributed by atoms with Crippen LogP contribution in [0, 0.1) is 10.1 Å². The molecule has 0 aromatic heterocycles. The van der Waals surface area contributed by atoms with Crippen molar-refractivity contribution < 1.29 is 19.6 Å². The minimum Gasteiger partial charge on any atom is -0.506 e. The van der Waals surface area contributed by atoms with Gasteiger partial charge in [0.2, 0.25) is 0 Å². The molecule has 3 N–H and O–H groups in total. The number of nitrogens with one attached hydrogen (secondary N) is 2. The Morgan fingerprint density at radius 2 is 2.00 bits per heavy atom. The number of anilines is 1. The molecule has 0 atom stereocenters. The van der Waals surface area contributed by atoms with Crippen LogP contribution >= 0.6 is 12.2 Å². The second-order valence-electron chi connectivity index (χ2n) is 5.92. The molecule has 0 saturated carbocycles. The number of carbonyl (C=O) groups is 1. The normalized spacial score (nSPS) is 10.2. The van der Waals surface area contributed by atoms with Crippen molar-refractivity contribution in [2.75, 3.05) is 11.9 Å². The van der Waals surface area contributed by atoms with E-state index in [0.717, 1.165) is 25.3 Å². The third-order valence-electron chi connectivity index (χ3n) is 3.80. The summed E-state index contributed by atoms with van der Waals surface area (Å²) in [4.78, 5) is 22.6. The topological polar surface area (TPSA) is 114 Å². The molecule has 148 valence electrons. The number of phenols is 1. The third kappa shape index (κ3) is 5.92. The van der Waals surface area contributed by atoms with Crippen molar-refractivity contribution in [3.63, 3.8) is 0 Å². The van der Waals surface area contributed by atoms with E-state index < -0.39 is 10.8 Å². The molecule has 2 rings (SSSR count). The number of hydrogen-bond donors (Lipinski definition) is 3. The fraction of sp³-hybridized carbons (Fsp3) is 0.263. The number of non-ortho nitro benzene ring substituents is 1. The van der Waals surface area contributed by atoms with Crippen molar-refractivity contribution in [2.45, 2.75) is 26.2 Å². The number of carbonyl (C=O) groups excluding carboxylic acids is 1. The summed E-state index contributed by atoms with van der Waals surface area (Å²) < 4.78 is 5.69. The van der Waals surface area contributed by atoms with Crippen LogP contribution in [0.15, 0.2) is 42.5 Å². The Hall–Kier alpha value is -3.20. The van der Waals surface area contributed by atoms with Crippen LogP contribution in [0.2, 0.25) is 0 Å². The lowest BCUT2D eigenvalue weighted by Crippen LogP contribution is -2.34. The highest BCUT2D eigenvalue weighted by Gasteiger charge is 2.15. The van der Waals surface area contributed by atoms with Gasteiger partial charge >= 0.3 is 0 Å². The number of rotatable bonds is 8. The maximum absolute atomic E-state index is 12.5. The van der Waals surface area contributed by atoms with Gasteiger partial charge in [0.15, 0.2) is 5.11 Å². The number of benzene rings is 2. The molecule has 0 aliphatic carbocycles. The number of amides is 1. The van der Waals surface area contributed by atoms with Gasteiger partial charge in [-0.2, -0.15) is 0 Å². The maximum Gasteiger partial charge on any atom is 0.273 e. The van der Waals surface area contributed by atoms with Gasteiger partial charge in [0.1, 0.15) is 11.5 Å². The molecule has 0 heterocycles. The van der Waals surface area contributed by atoms with E-state index in [1.807, 2.05) is 0 Å². The van der Waals surface area contributed by atoms with Gasteiger partial charge in [-0.15, -0.1) is 0 Å². The summed E-state index contributed by atoms with van der Waals surface area (Å²) >= 11 is 5.09. The lowest BCUT2D eigenvalue weighted by Gasteiger charge is -2.13. The number of ether oxygens (including phenoxy) is 1. The Bertz CT molecular complexity index is 872. The van der Waals surface area contributed by atoms with Gasteiger partial charge < -0.3 is 15.2 Å². The second kappa shape index (κ2) is 10.2. The van der Waals surface area contributed by atoms with E-state index in [1.54, 1.807) is 24.3 Å². The van der Waals surface area contributed by atoms with Crippen LogP contribution in [0.1, 0.15) is 36.5 Å². The SMILES string of the molecule is CCCCCOc1ccccc1C(=O)NC(=S)Nc1ccc([N+](=O)[O-])cc1O. The third-order valence-corrected chi connectivity index (χ3v) is 4.01. The zero-order valence-corrected chi connectivity index (χ0v) is 16.1. The van der Waals surface area contributed by atoms with Gasteiger partial charge in [-0.05, 0) is 36.8 Å². The number of aromatic hydroxyl groups is 1. The molecule has 0 aliphatic rings. The van der Waals surface area contributed by atoms with E-state index in [9.17, 15) is 20.0 Å². The highest BCUT2D eigenvalue weighted by Crippen LogP contribution is 2.27. The summed E-state index contributed by atoms with van der Waals surface area (Å²) in [5, 5.41) is 25.7. The van der Waals surface area contributed by atoms with Crippen molar-refractivity contribution >= 4 is 34.6 Å². The van der Waals surface area contributed by atoms with E-state index in [0.29, 0.717) is 17.9 Å². The Morgan fingerprint density at radius 1 is 1.25 bits per heavy atom. The number of nitro benzene ring substituents is 1. The van der Waals surface area contributed by atoms with Gasteiger partial charge in [0, 0.05) is 6.07 Å². The molecular weight excluding hydrogens is 382 g/mol. The summed E-state index contributed by atoms with van der Waals surface area (Å²) in [7, 11) is 0. The van der Waals surface area contributed by atoms with E-state index in [4.69, 9.17) is 17.0 Å². The molecule has 0 radical (unpaired) electrons. The molecule has 1 amide bonds. The van der Waals surface area contributed by atoms with Crippen molar-refractivity contribution in [2.24, 2.45) is 0 Å². The molecule has 8 nitrogen and oxygen atoms in total. The van der Waals surface area contributed by atoms with Crippen LogP contribution in [-0.2, 0) is 0 Å². The predicted molar refractivity (Wildman–Crippen MR) is 110 cm³/mol. The summed E-state index contributed by atoms with van der Waals surface area (Å²) in [6.07, 6.45) is 3.01. The standard InChI is InChI=1S/C19H21N3O5S/c1-2-3-6-11-27-17-8-5-4-7-14(17)18(24)21-19(28)20-15-10-9-13(22(25)26)12-16(15)23/h4-5,7-10,12,23H,2-3,6,11H2,1H3,(H2,20,21,24,28). The van der Waals surface area contributed by atoms with Gasteiger partial charge in [-0.3, -0.25) is 20.2 Å². The molecule has 28 heavy (non-hydrogen) atoms. The summed E-state index contributed by atoms with van der Waals surface area (Å²) in [6.45, 7) is 2.61. The van der Waals surface area contributed by atoms with Gasteiger partial charge in [0.05, 0.1) is 28.8 Å². The van der Waals surface area contributed by atoms with Gasteiger partial charge in [-0.1, -0.05) is 31.9 Å². The molecule has 2 aromatic rings. The number of thiocarbonyl (C=S) groups is 1. The van der Waals surface area contributed by atoms with Crippen LogP contribution < -0.4 is 15.4 Å². The lowest BCUT2D eigenvalue weighted by atomic mass is 10.2. The Labute approximate surface area is 167 Å². The van der Waals surface area contributed by atoms with Crippen molar-refractivity contribution in [1.82, 2.24) is 5.32 Å². The quantitative estimate of drug-likeness (QED) is 0.201. The molecule has 0 bridgehead atoms. The highest BCUT2D eigenvalue weighted by atomic mass is 32.1. The number of hydrogen-bond acceptors (Lipinski definition) is 6. The molecule has 9 heteroatoms. The number of phenolic OH excluding ortho intramolecular Hbond substituents is 1. The Balaban J connectivity index is 2.01. The maximum atomic E-state index is 12.5. The number of para-hydroxylation sites is 1. The molecule has 0 aliphatic heterocycles. The van der Waals surface area contributed by atoms with Crippen molar-refractivity contribution in [3.8, 4) is 11.5 Å². The summed E-state index contributed by atoms with van der Waals surface area (Å²) in [6, 6.07) is 10.3. The fourth-order valence-corrected chi connectivity index (χ4v) is 2.58. The highest BCUT2D eigenvalue weighted by molar-refractivity contribution is 7.80. The first-order valence-electron chi connectivity index (χ1n) is 8.74. The number of nitro groups is 1. The summed E-state index contributed by atoms with van der Waals surface area (Å²) in [5.41, 5.74) is 0.211. The number of nitrogens with zero attached hydrogens (tertiary/aromatic N) is 1. The first-order valence-corrected chi connectivity index (χ1v) is 9.14. The fourth-order valence-electron chi connectivity index (χ4n) is 2.38. The smallest absolute Gasteiger partial charge is 0.273 e. The zero-order chi connectivity index (χ0) is 20.5. The van der Waals surface area contributed by atoms with Crippen LogP contribution in [-0.4, -0.2) is 27.7 Å². The van der Waals surface area contributed by atoms with Crippen molar-refractivity contribution in [1.29, 1.82) is 0 Å². The first kappa shape index (κ1) is 21.1. The van der Waals surface area contributed by atoms with Crippen molar-refractivity contribution in [3.05, 3.63) is 58.1 Å². The second-order valence-corrected chi connectivity index (χ2v) is 6.33. The van der Waals surface area contributed by atoms with E-state index in [1.165, 1.54) is 12.1 Å². The first-order chi connectivity index (χ1) is 13.4. The molecule has 2 aromatic carbocycles. The van der Waals surface area contributed by atoms with Gasteiger partial charge in [-0.25, -0.2) is 0 Å². The van der Waals surface area contributed by atoms with E-state index in [2.05, 4.69) is 17.6 Å². The van der Waals surface area contributed by atoms with Crippen LogP contribution in [0.3, 0.4) is 0 Å². The van der Waals surface area contributed by atoms with Gasteiger partial charge in [0.25, 0.3) is 11.6 Å². The van der Waals surface area contributed by atoms with E-state index in [-0.39, 0.29) is 22.2 Å². The molecule has 0 saturated heterocycles. The Morgan fingerprint density at radius 3 is 2.68 bits per heavy atom. The average molecular weight is 403 g/mol. The average Bonchev–Trinajstić information content (AvgIpc) is 2.67. The monoisotopic (exact) mass is 403 g/mol. The lowest BCUT2D eigenvalue weighted by molar-refractivity contribution is -0.384. The van der Waals surface area contributed by atoms with E-state index >= 15 is 0 Å².